The Morgan fingerprint density at radius 2 is 1.82 bits per heavy atom. The third kappa shape index (κ3) is 4.28. The van der Waals surface area contributed by atoms with E-state index >= 15 is 0 Å². The molecular weight excluding hydrogens is 472 g/mol. The lowest BCUT2D eigenvalue weighted by Crippen LogP contribution is -2.45. The van der Waals surface area contributed by atoms with E-state index in [0.717, 1.165) is 60.5 Å². The summed E-state index contributed by atoms with van der Waals surface area (Å²) in [6.07, 6.45) is 5.87. The molecule has 1 saturated heterocycles. The number of carbonyl (C=O) groups is 1. The van der Waals surface area contributed by atoms with Crippen molar-refractivity contribution in [2.45, 2.75) is 38.6 Å². The topological polar surface area (TPSA) is 75.9 Å². The second-order valence-corrected chi connectivity index (χ2v) is 10.6. The van der Waals surface area contributed by atoms with Gasteiger partial charge in [-0.1, -0.05) is 42.5 Å². The summed E-state index contributed by atoms with van der Waals surface area (Å²) >= 11 is 0. The maximum absolute atomic E-state index is 12.6. The fourth-order valence-electron chi connectivity index (χ4n) is 5.55. The summed E-state index contributed by atoms with van der Waals surface area (Å²) in [7, 11) is 0. The highest BCUT2D eigenvalue weighted by molar-refractivity contribution is 5.89. The summed E-state index contributed by atoms with van der Waals surface area (Å²) in [5.41, 5.74) is 4.14. The predicted octanol–water partition coefficient (Wildman–Crippen LogP) is 5.76. The summed E-state index contributed by atoms with van der Waals surface area (Å²) in [6.45, 7) is 3.65. The van der Waals surface area contributed by atoms with Gasteiger partial charge in [-0.3, -0.25) is 9.36 Å². The predicted molar refractivity (Wildman–Crippen MR) is 150 cm³/mol. The summed E-state index contributed by atoms with van der Waals surface area (Å²) < 4.78 is 2.13. The summed E-state index contributed by atoms with van der Waals surface area (Å²) in [4.78, 5) is 29.2. The second-order valence-electron chi connectivity index (χ2n) is 10.6. The van der Waals surface area contributed by atoms with Crippen molar-refractivity contribution >= 4 is 33.7 Å². The van der Waals surface area contributed by atoms with Crippen molar-refractivity contribution in [3.8, 4) is 17.2 Å². The minimum absolute atomic E-state index is 0.142. The highest BCUT2D eigenvalue weighted by Gasteiger charge is 2.35. The minimum Gasteiger partial charge on any atom is -0.350 e. The van der Waals surface area contributed by atoms with E-state index < -0.39 is 0 Å². The molecule has 1 N–H and O–H groups in total. The van der Waals surface area contributed by atoms with Gasteiger partial charge < -0.3 is 10.2 Å². The van der Waals surface area contributed by atoms with Crippen LogP contribution in [0.4, 0.5) is 5.95 Å². The molecule has 190 valence electrons. The van der Waals surface area contributed by atoms with Gasteiger partial charge in [0.05, 0.1) is 11.0 Å². The second kappa shape index (κ2) is 9.24. The molecule has 2 aliphatic rings. The summed E-state index contributed by atoms with van der Waals surface area (Å²) in [5, 5.41) is 5.89. The maximum Gasteiger partial charge on any atom is 0.225 e. The number of aryl methyl sites for hydroxylation is 1. The van der Waals surface area contributed by atoms with Gasteiger partial charge in [0.2, 0.25) is 11.9 Å². The molecular formula is C31H30N6O. The molecule has 0 unspecified atom stereocenters. The largest absolute Gasteiger partial charge is 0.350 e. The smallest absolute Gasteiger partial charge is 0.225 e. The van der Waals surface area contributed by atoms with Crippen molar-refractivity contribution in [3.05, 3.63) is 78.5 Å². The average Bonchev–Trinajstić information content (AvgIpc) is 3.73. The van der Waals surface area contributed by atoms with Gasteiger partial charge in [-0.15, -0.1) is 0 Å². The van der Waals surface area contributed by atoms with Crippen LogP contribution in [-0.2, 0) is 4.79 Å². The first kappa shape index (κ1) is 22.9. The van der Waals surface area contributed by atoms with Crippen molar-refractivity contribution in [3.63, 3.8) is 0 Å². The zero-order valence-electron chi connectivity index (χ0n) is 21.5. The molecule has 7 heteroatoms. The van der Waals surface area contributed by atoms with Gasteiger partial charge in [-0.2, -0.15) is 4.98 Å². The maximum atomic E-state index is 12.6. The SMILES string of the molecule is Cc1ccc2nc(-c3ccc4ccccc4c3)n(-c3ccnc(N[C@H]4CCCN(C(=O)C5CC5)C4)n3)c2c1. The quantitative estimate of drug-likeness (QED) is 0.331. The lowest BCUT2D eigenvalue weighted by Gasteiger charge is -2.33. The van der Waals surface area contributed by atoms with Gasteiger partial charge in [0.25, 0.3) is 0 Å². The van der Waals surface area contributed by atoms with E-state index in [-0.39, 0.29) is 12.0 Å². The number of amides is 1. The number of anilines is 1. The molecule has 5 aromatic rings. The molecule has 2 fully saturated rings. The third-order valence-corrected chi connectivity index (χ3v) is 7.68. The number of hydrogen-bond acceptors (Lipinski definition) is 5. The Morgan fingerprint density at radius 3 is 2.68 bits per heavy atom. The number of rotatable bonds is 5. The number of carbonyl (C=O) groups excluding carboxylic acids is 1. The third-order valence-electron chi connectivity index (χ3n) is 7.68. The molecule has 3 heterocycles. The molecule has 1 aliphatic carbocycles. The van der Waals surface area contributed by atoms with Gasteiger partial charge in [0.15, 0.2) is 0 Å². The van der Waals surface area contributed by atoms with Crippen LogP contribution in [0.15, 0.2) is 72.9 Å². The number of likely N-dealkylation sites (tertiary alicyclic amines) is 1. The van der Waals surface area contributed by atoms with Crippen LogP contribution in [0.3, 0.4) is 0 Å². The van der Waals surface area contributed by atoms with Crippen LogP contribution in [0.5, 0.6) is 0 Å². The van der Waals surface area contributed by atoms with Crippen LogP contribution >= 0.6 is 0 Å². The first-order valence-electron chi connectivity index (χ1n) is 13.5. The van der Waals surface area contributed by atoms with Crippen LogP contribution < -0.4 is 5.32 Å². The monoisotopic (exact) mass is 502 g/mol. The number of nitrogens with zero attached hydrogens (tertiary/aromatic N) is 5. The van der Waals surface area contributed by atoms with E-state index in [4.69, 9.17) is 9.97 Å². The Bertz CT molecular complexity index is 1670. The summed E-state index contributed by atoms with van der Waals surface area (Å²) in [5.74, 6) is 2.75. The van der Waals surface area contributed by atoms with Gasteiger partial charge >= 0.3 is 0 Å². The van der Waals surface area contributed by atoms with Crippen molar-refractivity contribution < 1.29 is 4.79 Å². The molecule has 1 atom stereocenters. The van der Waals surface area contributed by atoms with Gasteiger partial charge in [-0.25, -0.2) is 9.97 Å². The molecule has 1 saturated carbocycles. The van der Waals surface area contributed by atoms with E-state index in [1.807, 2.05) is 11.0 Å². The molecule has 2 aromatic heterocycles. The van der Waals surface area contributed by atoms with Crippen molar-refractivity contribution in [2.24, 2.45) is 5.92 Å². The summed E-state index contributed by atoms with van der Waals surface area (Å²) in [6, 6.07) is 23.2. The van der Waals surface area contributed by atoms with Gasteiger partial charge in [0, 0.05) is 36.8 Å². The molecule has 7 rings (SSSR count). The van der Waals surface area contributed by atoms with E-state index in [2.05, 4.69) is 82.5 Å². The first-order chi connectivity index (χ1) is 18.6. The van der Waals surface area contributed by atoms with Crippen LogP contribution in [0.2, 0.25) is 0 Å². The highest BCUT2D eigenvalue weighted by atomic mass is 16.2. The van der Waals surface area contributed by atoms with Crippen molar-refractivity contribution in [2.75, 3.05) is 18.4 Å². The number of fused-ring (bicyclic) bond motifs is 2. The van der Waals surface area contributed by atoms with E-state index in [1.54, 1.807) is 6.20 Å². The fourth-order valence-corrected chi connectivity index (χ4v) is 5.55. The molecule has 7 nitrogen and oxygen atoms in total. The zero-order valence-corrected chi connectivity index (χ0v) is 21.5. The van der Waals surface area contributed by atoms with E-state index in [1.165, 1.54) is 16.3 Å². The number of benzene rings is 3. The highest BCUT2D eigenvalue weighted by Crippen LogP contribution is 2.33. The Hall–Kier alpha value is -4.26. The molecule has 38 heavy (non-hydrogen) atoms. The van der Waals surface area contributed by atoms with Crippen LogP contribution in [-0.4, -0.2) is 49.5 Å². The van der Waals surface area contributed by atoms with Crippen LogP contribution in [0, 0.1) is 12.8 Å². The minimum atomic E-state index is 0.142. The molecule has 1 aliphatic heterocycles. The standard InChI is InChI=1S/C31H30N6O/c1-20-8-13-26-27(17-20)37(29(34-26)24-12-9-21-5-2-3-6-23(21)18-24)28-14-15-32-31(35-28)33-25-7-4-16-36(19-25)30(38)22-10-11-22/h2-3,5-6,8-9,12-15,17-18,22,25H,4,7,10-11,16,19H2,1H3,(H,32,33,35)/t25-/m0/s1. The fraction of sp³-hybridized carbons (Fsp3) is 0.290. The Balaban J connectivity index is 1.26. The average molecular weight is 503 g/mol. The first-order valence-corrected chi connectivity index (χ1v) is 13.5. The number of imidazole rings is 1. The van der Waals surface area contributed by atoms with E-state index in [0.29, 0.717) is 18.4 Å². The molecule has 0 radical (unpaired) electrons. The molecule has 0 bridgehead atoms. The molecule has 0 spiro atoms. The Morgan fingerprint density at radius 1 is 0.947 bits per heavy atom. The van der Waals surface area contributed by atoms with Crippen LogP contribution in [0.25, 0.3) is 39.0 Å². The number of nitrogens with one attached hydrogen (secondary N) is 1. The Kier molecular flexibility index (Phi) is 5.57. The van der Waals surface area contributed by atoms with E-state index in [9.17, 15) is 4.79 Å². The van der Waals surface area contributed by atoms with Crippen LogP contribution in [0.1, 0.15) is 31.2 Å². The number of hydrogen-bond donors (Lipinski definition) is 1. The van der Waals surface area contributed by atoms with Gasteiger partial charge in [-0.05, 0) is 73.2 Å². The lowest BCUT2D eigenvalue weighted by atomic mass is 10.1. The number of aromatic nitrogens is 4. The lowest BCUT2D eigenvalue weighted by molar-refractivity contribution is -0.133. The van der Waals surface area contributed by atoms with Crippen molar-refractivity contribution in [1.29, 1.82) is 0 Å². The molecule has 1 amide bonds. The Labute approximate surface area is 221 Å². The molecule has 3 aromatic carbocycles. The number of piperidine rings is 1. The zero-order chi connectivity index (χ0) is 25.6. The van der Waals surface area contributed by atoms with Crippen molar-refractivity contribution in [1.82, 2.24) is 24.4 Å². The normalized spacial score (nSPS) is 17.7. The van der Waals surface area contributed by atoms with Gasteiger partial charge in [0.1, 0.15) is 11.6 Å².